The number of halogens is 1. The Morgan fingerprint density at radius 3 is 2.21 bits per heavy atom. The summed E-state index contributed by atoms with van der Waals surface area (Å²) in [6.07, 6.45) is 1.93. The van der Waals surface area contributed by atoms with Gasteiger partial charge in [0.05, 0.1) is 16.8 Å². The SMILES string of the molecule is O=CNc1ccc(Nc2ccc(NC(=O)c3ccc(N4CCC(O)CC4)cc3)cc2Cl)cc1. The first kappa shape index (κ1) is 22.6. The van der Waals surface area contributed by atoms with E-state index in [2.05, 4.69) is 20.9 Å². The van der Waals surface area contributed by atoms with Gasteiger partial charge in [-0.15, -0.1) is 0 Å². The number of hydrogen-bond donors (Lipinski definition) is 4. The number of aliphatic hydroxyl groups is 1. The first-order chi connectivity index (χ1) is 16.0. The molecule has 3 aromatic rings. The maximum atomic E-state index is 12.7. The van der Waals surface area contributed by atoms with E-state index in [0.29, 0.717) is 34.1 Å². The molecule has 0 unspecified atom stereocenters. The van der Waals surface area contributed by atoms with E-state index in [9.17, 15) is 14.7 Å². The summed E-state index contributed by atoms with van der Waals surface area (Å²) in [4.78, 5) is 25.4. The highest BCUT2D eigenvalue weighted by Gasteiger charge is 2.17. The van der Waals surface area contributed by atoms with Gasteiger partial charge in [-0.3, -0.25) is 9.59 Å². The van der Waals surface area contributed by atoms with E-state index >= 15 is 0 Å². The highest BCUT2D eigenvalue weighted by molar-refractivity contribution is 6.33. The molecule has 4 N–H and O–H groups in total. The van der Waals surface area contributed by atoms with Gasteiger partial charge in [0.15, 0.2) is 0 Å². The number of benzene rings is 3. The predicted octanol–water partition coefficient (Wildman–Crippen LogP) is 4.87. The van der Waals surface area contributed by atoms with Crippen molar-refractivity contribution in [1.29, 1.82) is 0 Å². The summed E-state index contributed by atoms with van der Waals surface area (Å²) in [5, 5.41) is 18.8. The molecule has 0 radical (unpaired) electrons. The summed E-state index contributed by atoms with van der Waals surface area (Å²) in [6, 6.07) is 19.9. The first-order valence-corrected chi connectivity index (χ1v) is 11.1. The van der Waals surface area contributed by atoms with E-state index in [1.165, 1.54) is 0 Å². The average molecular weight is 465 g/mol. The zero-order valence-electron chi connectivity index (χ0n) is 17.9. The maximum absolute atomic E-state index is 12.7. The van der Waals surface area contributed by atoms with Crippen LogP contribution >= 0.6 is 11.6 Å². The molecule has 0 aromatic heterocycles. The highest BCUT2D eigenvalue weighted by atomic mass is 35.5. The summed E-state index contributed by atoms with van der Waals surface area (Å²) in [7, 11) is 0. The molecule has 2 amide bonds. The molecule has 0 aliphatic carbocycles. The van der Waals surface area contributed by atoms with Crippen LogP contribution in [0.25, 0.3) is 0 Å². The third-order valence-electron chi connectivity index (χ3n) is 5.58. The summed E-state index contributed by atoms with van der Waals surface area (Å²) in [5.74, 6) is -0.217. The van der Waals surface area contributed by atoms with Crippen LogP contribution in [0.3, 0.4) is 0 Å². The minimum atomic E-state index is -0.217. The van der Waals surface area contributed by atoms with Gasteiger partial charge in [0, 0.05) is 41.4 Å². The van der Waals surface area contributed by atoms with Crippen LogP contribution in [0.15, 0.2) is 66.7 Å². The summed E-state index contributed by atoms with van der Waals surface area (Å²) in [6.45, 7) is 1.62. The van der Waals surface area contributed by atoms with Crippen molar-refractivity contribution in [1.82, 2.24) is 0 Å². The van der Waals surface area contributed by atoms with E-state index in [-0.39, 0.29) is 12.0 Å². The molecule has 33 heavy (non-hydrogen) atoms. The molecule has 7 nitrogen and oxygen atoms in total. The van der Waals surface area contributed by atoms with E-state index in [0.717, 1.165) is 37.3 Å². The van der Waals surface area contributed by atoms with E-state index in [1.807, 2.05) is 24.3 Å². The van der Waals surface area contributed by atoms with Crippen LogP contribution in [-0.4, -0.2) is 36.6 Å². The number of nitrogens with one attached hydrogen (secondary N) is 3. The Labute approximate surface area is 197 Å². The molecule has 0 saturated carbocycles. The van der Waals surface area contributed by atoms with Gasteiger partial charge in [-0.25, -0.2) is 0 Å². The van der Waals surface area contributed by atoms with Crippen molar-refractivity contribution in [3.05, 3.63) is 77.3 Å². The molecule has 1 aliphatic rings. The Kier molecular flexibility index (Phi) is 7.12. The van der Waals surface area contributed by atoms with E-state index in [4.69, 9.17) is 11.6 Å². The minimum Gasteiger partial charge on any atom is -0.393 e. The lowest BCUT2D eigenvalue weighted by molar-refractivity contribution is -0.105. The number of nitrogens with zero attached hydrogens (tertiary/aromatic N) is 1. The minimum absolute atomic E-state index is 0.217. The lowest BCUT2D eigenvalue weighted by atomic mass is 10.1. The van der Waals surface area contributed by atoms with Crippen LogP contribution in [0.2, 0.25) is 5.02 Å². The fourth-order valence-electron chi connectivity index (χ4n) is 3.72. The third kappa shape index (κ3) is 5.83. The number of anilines is 5. The number of carbonyl (C=O) groups excluding carboxylic acids is 2. The highest BCUT2D eigenvalue weighted by Crippen LogP contribution is 2.29. The molecule has 1 heterocycles. The molecule has 0 atom stereocenters. The van der Waals surface area contributed by atoms with Crippen LogP contribution in [0.1, 0.15) is 23.2 Å². The molecular weight excluding hydrogens is 440 g/mol. The lowest BCUT2D eigenvalue weighted by Gasteiger charge is -2.31. The van der Waals surface area contributed by atoms with Gasteiger partial charge in [-0.1, -0.05) is 11.6 Å². The molecule has 1 saturated heterocycles. The van der Waals surface area contributed by atoms with Crippen LogP contribution < -0.4 is 20.9 Å². The zero-order chi connectivity index (χ0) is 23.2. The number of carbonyl (C=O) groups is 2. The normalized spacial score (nSPS) is 13.9. The van der Waals surface area contributed by atoms with Gasteiger partial charge in [-0.2, -0.15) is 0 Å². The van der Waals surface area contributed by atoms with E-state index in [1.54, 1.807) is 42.5 Å². The van der Waals surface area contributed by atoms with Crippen molar-refractivity contribution in [3.63, 3.8) is 0 Å². The fraction of sp³-hybridized carbons (Fsp3) is 0.200. The third-order valence-corrected chi connectivity index (χ3v) is 5.89. The van der Waals surface area contributed by atoms with Gasteiger partial charge in [0.25, 0.3) is 5.91 Å². The second kappa shape index (κ2) is 10.4. The van der Waals surface area contributed by atoms with Gasteiger partial charge >= 0.3 is 0 Å². The van der Waals surface area contributed by atoms with Crippen LogP contribution in [0, 0.1) is 0 Å². The predicted molar refractivity (Wildman–Crippen MR) is 133 cm³/mol. The lowest BCUT2D eigenvalue weighted by Crippen LogP contribution is -2.35. The number of piperidine rings is 1. The molecule has 8 heteroatoms. The van der Waals surface area contributed by atoms with Crippen LogP contribution in [0.5, 0.6) is 0 Å². The Morgan fingerprint density at radius 1 is 0.939 bits per heavy atom. The summed E-state index contributed by atoms with van der Waals surface area (Å²) >= 11 is 6.41. The topological polar surface area (TPSA) is 93.7 Å². The van der Waals surface area contributed by atoms with Gasteiger partial charge < -0.3 is 26.0 Å². The number of hydrogen-bond acceptors (Lipinski definition) is 5. The van der Waals surface area contributed by atoms with Crippen molar-refractivity contribution in [2.24, 2.45) is 0 Å². The first-order valence-electron chi connectivity index (χ1n) is 10.7. The van der Waals surface area contributed by atoms with Crippen LogP contribution in [-0.2, 0) is 4.79 Å². The second-order valence-electron chi connectivity index (χ2n) is 7.88. The van der Waals surface area contributed by atoms with Crippen molar-refractivity contribution < 1.29 is 14.7 Å². The molecule has 0 bridgehead atoms. The zero-order valence-corrected chi connectivity index (χ0v) is 18.7. The summed E-state index contributed by atoms with van der Waals surface area (Å²) < 4.78 is 0. The largest absolute Gasteiger partial charge is 0.393 e. The van der Waals surface area contributed by atoms with Crippen molar-refractivity contribution in [3.8, 4) is 0 Å². The van der Waals surface area contributed by atoms with Crippen molar-refractivity contribution in [2.75, 3.05) is 33.9 Å². The standard InChI is InChI=1S/C25H25ClN4O3/c26-23-15-20(7-10-24(23)28-19-5-3-18(4-6-19)27-16-31)29-25(33)17-1-8-21(9-2-17)30-13-11-22(32)12-14-30/h1-10,15-16,22,28,32H,11-14H2,(H,27,31)(H,29,33). The maximum Gasteiger partial charge on any atom is 0.255 e. The van der Waals surface area contributed by atoms with E-state index < -0.39 is 0 Å². The fourth-order valence-corrected chi connectivity index (χ4v) is 3.95. The summed E-state index contributed by atoms with van der Waals surface area (Å²) in [5.41, 5.74) is 4.40. The quantitative estimate of drug-likeness (QED) is 0.374. The van der Waals surface area contributed by atoms with Crippen molar-refractivity contribution >= 4 is 52.4 Å². The smallest absolute Gasteiger partial charge is 0.255 e. The Balaban J connectivity index is 1.37. The number of aliphatic hydroxyl groups excluding tert-OH is 1. The molecule has 4 rings (SSSR count). The van der Waals surface area contributed by atoms with Crippen LogP contribution in [0.4, 0.5) is 28.4 Å². The molecule has 1 fully saturated rings. The van der Waals surface area contributed by atoms with Crippen molar-refractivity contribution in [2.45, 2.75) is 18.9 Å². The Bertz CT molecular complexity index is 1110. The molecule has 0 spiro atoms. The number of amides is 2. The average Bonchev–Trinajstić information content (AvgIpc) is 2.83. The Hall–Kier alpha value is -3.55. The Morgan fingerprint density at radius 2 is 1.58 bits per heavy atom. The molecule has 3 aromatic carbocycles. The second-order valence-corrected chi connectivity index (χ2v) is 8.29. The molecule has 170 valence electrons. The van der Waals surface area contributed by atoms with Gasteiger partial charge in [0.2, 0.25) is 6.41 Å². The molecule has 1 aliphatic heterocycles. The number of rotatable bonds is 7. The monoisotopic (exact) mass is 464 g/mol. The molecular formula is C25H25ClN4O3. The van der Waals surface area contributed by atoms with Gasteiger partial charge in [0.1, 0.15) is 0 Å². The van der Waals surface area contributed by atoms with Gasteiger partial charge in [-0.05, 0) is 79.6 Å².